The predicted molar refractivity (Wildman–Crippen MR) is 102 cm³/mol. The summed E-state index contributed by atoms with van der Waals surface area (Å²) >= 11 is 0. The molecular formula is C20H31N3O3. The first kappa shape index (κ1) is 19.1. The van der Waals surface area contributed by atoms with E-state index >= 15 is 0 Å². The second-order valence-electron chi connectivity index (χ2n) is 8.10. The van der Waals surface area contributed by atoms with Gasteiger partial charge in [0.25, 0.3) is 0 Å². The van der Waals surface area contributed by atoms with Crippen LogP contribution < -0.4 is 4.90 Å². The Morgan fingerprint density at radius 3 is 2.19 bits per heavy atom. The molecule has 0 spiro atoms. The van der Waals surface area contributed by atoms with E-state index < -0.39 is 5.41 Å². The third kappa shape index (κ3) is 5.19. The van der Waals surface area contributed by atoms with Gasteiger partial charge in [-0.2, -0.15) is 0 Å². The summed E-state index contributed by atoms with van der Waals surface area (Å²) in [6, 6.07) is 8.84. The van der Waals surface area contributed by atoms with Crippen LogP contribution in [0.4, 0.5) is 5.69 Å². The molecule has 144 valence electrons. The van der Waals surface area contributed by atoms with Crippen molar-refractivity contribution in [2.75, 3.05) is 57.4 Å². The van der Waals surface area contributed by atoms with Crippen molar-refractivity contribution >= 4 is 11.7 Å². The molecule has 0 amide bonds. The summed E-state index contributed by atoms with van der Waals surface area (Å²) in [5.74, 6) is -0.168. The van der Waals surface area contributed by atoms with E-state index in [0.717, 1.165) is 59.0 Å². The molecule has 2 aliphatic heterocycles. The van der Waals surface area contributed by atoms with Gasteiger partial charge in [0, 0.05) is 38.4 Å². The number of carbonyl (C=O) groups excluding carboxylic acids is 1. The van der Waals surface area contributed by atoms with Crippen molar-refractivity contribution in [1.29, 1.82) is 0 Å². The van der Waals surface area contributed by atoms with Crippen LogP contribution in [0.15, 0.2) is 24.3 Å². The van der Waals surface area contributed by atoms with Crippen LogP contribution in [0, 0.1) is 5.41 Å². The maximum absolute atomic E-state index is 12.0. The van der Waals surface area contributed by atoms with Gasteiger partial charge in [0.15, 0.2) is 0 Å². The van der Waals surface area contributed by atoms with Crippen LogP contribution in [0.2, 0.25) is 0 Å². The first-order valence-electron chi connectivity index (χ1n) is 9.53. The van der Waals surface area contributed by atoms with Gasteiger partial charge in [0.2, 0.25) is 0 Å². The Balaban J connectivity index is 1.47. The quantitative estimate of drug-likeness (QED) is 0.819. The molecule has 26 heavy (non-hydrogen) atoms. The number of morpholine rings is 1. The summed E-state index contributed by atoms with van der Waals surface area (Å²) in [5, 5.41) is 1.79. The molecule has 6 nitrogen and oxygen atoms in total. The number of anilines is 1. The smallest absolute Gasteiger partial charge is 0.330 e. The van der Waals surface area contributed by atoms with E-state index in [-0.39, 0.29) is 5.97 Å². The van der Waals surface area contributed by atoms with Crippen molar-refractivity contribution in [3.63, 3.8) is 0 Å². The molecule has 2 saturated heterocycles. The fourth-order valence-corrected chi connectivity index (χ4v) is 3.12. The largest absolute Gasteiger partial charge is 0.379 e. The molecule has 2 aliphatic rings. The molecule has 0 unspecified atom stereocenters. The first-order chi connectivity index (χ1) is 12.4. The lowest BCUT2D eigenvalue weighted by molar-refractivity contribution is -0.201. The number of hydrogen-bond donors (Lipinski definition) is 0. The van der Waals surface area contributed by atoms with Crippen molar-refractivity contribution in [3.8, 4) is 0 Å². The molecule has 0 N–H and O–H groups in total. The van der Waals surface area contributed by atoms with Gasteiger partial charge in [-0.3, -0.25) is 4.90 Å². The third-order valence-electron chi connectivity index (χ3n) is 4.87. The average molecular weight is 361 g/mol. The predicted octanol–water partition coefficient (Wildman–Crippen LogP) is 2.15. The normalized spacial score (nSPS) is 20.2. The minimum absolute atomic E-state index is 0.168. The lowest BCUT2D eigenvalue weighted by atomic mass is 9.98. The highest BCUT2D eigenvalue weighted by Gasteiger charge is 2.27. The molecule has 0 saturated carbocycles. The first-order valence-corrected chi connectivity index (χ1v) is 9.53. The van der Waals surface area contributed by atoms with E-state index in [1.807, 2.05) is 20.8 Å². The van der Waals surface area contributed by atoms with Crippen molar-refractivity contribution in [2.24, 2.45) is 5.41 Å². The van der Waals surface area contributed by atoms with Crippen LogP contribution in [0.3, 0.4) is 0 Å². The van der Waals surface area contributed by atoms with Crippen molar-refractivity contribution in [2.45, 2.75) is 27.3 Å². The molecule has 1 aromatic rings. The molecule has 0 aromatic heterocycles. The summed E-state index contributed by atoms with van der Waals surface area (Å²) in [7, 11) is 0. The Morgan fingerprint density at radius 1 is 1.00 bits per heavy atom. The van der Waals surface area contributed by atoms with E-state index in [1.54, 1.807) is 5.06 Å². The second-order valence-corrected chi connectivity index (χ2v) is 8.10. The lowest BCUT2D eigenvalue weighted by Crippen LogP contribution is -2.48. The topological polar surface area (TPSA) is 45.2 Å². The Bertz CT molecular complexity index is 583. The summed E-state index contributed by atoms with van der Waals surface area (Å²) in [6.45, 7) is 13.5. The molecule has 0 aliphatic carbocycles. The van der Waals surface area contributed by atoms with Gasteiger partial charge in [-0.1, -0.05) is 12.1 Å². The lowest BCUT2D eigenvalue weighted by Gasteiger charge is -2.35. The monoisotopic (exact) mass is 361 g/mol. The van der Waals surface area contributed by atoms with Crippen LogP contribution in [0.25, 0.3) is 0 Å². The Hall–Kier alpha value is -1.63. The van der Waals surface area contributed by atoms with E-state index in [0.29, 0.717) is 0 Å². The molecule has 0 atom stereocenters. The number of hydroxylamine groups is 2. The van der Waals surface area contributed by atoms with Gasteiger partial charge in [0.1, 0.15) is 0 Å². The van der Waals surface area contributed by atoms with Gasteiger partial charge in [-0.25, -0.2) is 4.79 Å². The standard InChI is InChI=1S/C20H31N3O3/c1-20(2,3)19(24)26-23-10-8-22(9-11-23)18-6-4-17(5-7-18)16-21-12-14-25-15-13-21/h4-7H,8-16H2,1-3H3. The summed E-state index contributed by atoms with van der Waals surface area (Å²) < 4.78 is 5.40. The third-order valence-corrected chi connectivity index (χ3v) is 4.87. The Kier molecular flexibility index (Phi) is 6.16. The number of rotatable bonds is 4. The second kappa shape index (κ2) is 8.37. The van der Waals surface area contributed by atoms with E-state index in [4.69, 9.17) is 9.57 Å². The molecule has 0 bridgehead atoms. The molecule has 2 fully saturated rings. The zero-order valence-electron chi connectivity index (χ0n) is 16.2. The molecule has 3 rings (SSSR count). The minimum Gasteiger partial charge on any atom is -0.379 e. The number of ether oxygens (including phenoxy) is 1. The van der Waals surface area contributed by atoms with E-state index in [9.17, 15) is 4.79 Å². The molecule has 0 radical (unpaired) electrons. The average Bonchev–Trinajstić information content (AvgIpc) is 2.63. The number of nitrogens with zero attached hydrogens (tertiary/aromatic N) is 3. The number of benzene rings is 1. The van der Waals surface area contributed by atoms with Gasteiger partial charge in [-0.15, -0.1) is 5.06 Å². The minimum atomic E-state index is -0.465. The highest BCUT2D eigenvalue weighted by Crippen LogP contribution is 2.20. The van der Waals surface area contributed by atoms with Crippen LogP contribution in [0.1, 0.15) is 26.3 Å². The van der Waals surface area contributed by atoms with E-state index in [2.05, 4.69) is 34.1 Å². The number of hydrogen-bond acceptors (Lipinski definition) is 6. The van der Waals surface area contributed by atoms with Crippen molar-refractivity contribution in [3.05, 3.63) is 29.8 Å². The highest BCUT2D eigenvalue weighted by atomic mass is 16.7. The van der Waals surface area contributed by atoms with Crippen LogP contribution in [-0.2, 0) is 20.9 Å². The van der Waals surface area contributed by atoms with Gasteiger partial charge in [-0.05, 0) is 38.5 Å². The summed E-state index contributed by atoms with van der Waals surface area (Å²) in [4.78, 5) is 22.3. The zero-order chi connectivity index (χ0) is 18.6. The maximum atomic E-state index is 12.0. The number of carbonyl (C=O) groups is 1. The maximum Gasteiger partial charge on any atom is 0.330 e. The van der Waals surface area contributed by atoms with Crippen LogP contribution >= 0.6 is 0 Å². The fourth-order valence-electron chi connectivity index (χ4n) is 3.12. The molecule has 1 aromatic carbocycles. The molecule has 6 heteroatoms. The van der Waals surface area contributed by atoms with Gasteiger partial charge in [0.05, 0.1) is 31.7 Å². The summed E-state index contributed by atoms with van der Waals surface area (Å²) in [6.07, 6.45) is 0. The fraction of sp³-hybridized carbons (Fsp3) is 0.650. The SMILES string of the molecule is CC(C)(C)C(=O)ON1CCN(c2ccc(CN3CCOCC3)cc2)CC1. The molecular weight excluding hydrogens is 330 g/mol. The Labute approximate surface area is 156 Å². The van der Waals surface area contributed by atoms with Crippen molar-refractivity contribution in [1.82, 2.24) is 9.96 Å². The number of piperazine rings is 1. The van der Waals surface area contributed by atoms with Crippen LogP contribution in [-0.4, -0.2) is 68.4 Å². The van der Waals surface area contributed by atoms with Gasteiger partial charge >= 0.3 is 5.97 Å². The van der Waals surface area contributed by atoms with Crippen LogP contribution in [0.5, 0.6) is 0 Å². The highest BCUT2D eigenvalue weighted by molar-refractivity contribution is 5.75. The van der Waals surface area contributed by atoms with Crippen molar-refractivity contribution < 1.29 is 14.4 Å². The summed E-state index contributed by atoms with van der Waals surface area (Å²) in [5.41, 5.74) is 2.11. The Morgan fingerprint density at radius 2 is 1.62 bits per heavy atom. The van der Waals surface area contributed by atoms with E-state index in [1.165, 1.54) is 11.3 Å². The zero-order valence-corrected chi connectivity index (χ0v) is 16.2. The molecule has 2 heterocycles. The van der Waals surface area contributed by atoms with Gasteiger partial charge < -0.3 is 14.5 Å².